The van der Waals surface area contributed by atoms with E-state index in [1.54, 1.807) is 36.4 Å². The zero-order valence-corrected chi connectivity index (χ0v) is 15.2. The summed E-state index contributed by atoms with van der Waals surface area (Å²) in [4.78, 5) is 25.9. The maximum absolute atomic E-state index is 12.6. The third-order valence-electron chi connectivity index (χ3n) is 4.40. The summed E-state index contributed by atoms with van der Waals surface area (Å²) in [6.07, 6.45) is 1.63. The topological polar surface area (TPSA) is 55.8 Å². The normalized spacial score (nSPS) is 14.8. The molecule has 1 aliphatic heterocycles. The minimum atomic E-state index is -0.413. The van der Waals surface area contributed by atoms with Crippen molar-refractivity contribution in [3.05, 3.63) is 64.7 Å². The molecule has 0 radical (unpaired) electrons. The van der Waals surface area contributed by atoms with E-state index in [0.717, 1.165) is 18.6 Å². The summed E-state index contributed by atoms with van der Waals surface area (Å²) in [7, 11) is 1.33. The monoisotopic (exact) mass is 373 g/mol. The Morgan fingerprint density at radius 3 is 2.12 bits per heavy atom. The fraction of sp³-hybridized carbons (Fsp3) is 0.300. The van der Waals surface area contributed by atoms with E-state index in [1.165, 1.54) is 7.11 Å². The molecule has 1 aliphatic rings. The van der Waals surface area contributed by atoms with E-state index in [1.807, 2.05) is 17.0 Å². The lowest BCUT2D eigenvalue weighted by Crippen LogP contribution is -2.41. The lowest BCUT2D eigenvalue weighted by Gasteiger charge is -2.32. The number of amides is 1. The van der Waals surface area contributed by atoms with Crippen molar-refractivity contribution in [2.45, 2.75) is 18.9 Å². The Balaban J connectivity index is 1.54. The molecule has 0 bridgehead atoms. The van der Waals surface area contributed by atoms with E-state index >= 15 is 0 Å². The van der Waals surface area contributed by atoms with Crippen molar-refractivity contribution in [3.8, 4) is 5.75 Å². The lowest BCUT2D eigenvalue weighted by molar-refractivity contribution is 0.0584. The molecular weight excluding hydrogens is 354 g/mol. The maximum atomic E-state index is 12.6. The molecule has 3 rings (SSSR count). The van der Waals surface area contributed by atoms with E-state index in [9.17, 15) is 9.59 Å². The molecule has 1 saturated heterocycles. The van der Waals surface area contributed by atoms with E-state index in [4.69, 9.17) is 16.3 Å². The van der Waals surface area contributed by atoms with Crippen LogP contribution in [-0.2, 0) is 4.74 Å². The van der Waals surface area contributed by atoms with Crippen LogP contribution in [0.5, 0.6) is 5.75 Å². The number of hydrogen-bond donors (Lipinski definition) is 0. The first kappa shape index (κ1) is 18.3. The van der Waals surface area contributed by atoms with Crippen molar-refractivity contribution in [2.24, 2.45) is 0 Å². The van der Waals surface area contributed by atoms with Crippen LogP contribution in [0.25, 0.3) is 0 Å². The molecule has 0 saturated carbocycles. The highest BCUT2D eigenvalue weighted by Crippen LogP contribution is 2.22. The molecule has 5 nitrogen and oxygen atoms in total. The number of rotatable bonds is 4. The largest absolute Gasteiger partial charge is 0.490 e. The summed E-state index contributed by atoms with van der Waals surface area (Å²) in [5, 5.41) is 0.677. The fourth-order valence-corrected chi connectivity index (χ4v) is 3.06. The molecule has 0 aliphatic carbocycles. The minimum Gasteiger partial charge on any atom is -0.490 e. The third-order valence-corrected chi connectivity index (χ3v) is 4.65. The predicted molar refractivity (Wildman–Crippen MR) is 98.8 cm³/mol. The Labute approximate surface area is 157 Å². The van der Waals surface area contributed by atoms with Gasteiger partial charge in [-0.1, -0.05) is 11.6 Å². The molecule has 1 amide bonds. The molecule has 26 heavy (non-hydrogen) atoms. The van der Waals surface area contributed by atoms with Gasteiger partial charge in [-0.05, 0) is 48.5 Å². The van der Waals surface area contributed by atoms with Crippen LogP contribution >= 0.6 is 11.6 Å². The zero-order valence-electron chi connectivity index (χ0n) is 14.5. The SMILES string of the molecule is COC(=O)c1ccc(C(=O)N2CCC(Oc3ccc(Cl)cc3)CC2)cc1. The first-order valence-corrected chi connectivity index (χ1v) is 8.84. The second kappa shape index (κ2) is 8.23. The molecule has 1 heterocycles. The van der Waals surface area contributed by atoms with E-state index in [0.29, 0.717) is 29.2 Å². The Hall–Kier alpha value is -2.53. The van der Waals surface area contributed by atoms with Crippen molar-refractivity contribution in [1.82, 2.24) is 4.90 Å². The minimum absolute atomic E-state index is 0.0358. The van der Waals surface area contributed by atoms with Crippen molar-refractivity contribution in [2.75, 3.05) is 20.2 Å². The number of likely N-dealkylation sites (tertiary alicyclic amines) is 1. The number of piperidine rings is 1. The molecule has 2 aromatic rings. The maximum Gasteiger partial charge on any atom is 0.337 e. The quantitative estimate of drug-likeness (QED) is 0.765. The number of nitrogens with zero attached hydrogens (tertiary/aromatic N) is 1. The number of methoxy groups -OCH3 is 1. The Kier molecular flexibility index (Phi) is 5.78. The van der Waals surface area contributed by atoms with Gasteiger partial charge in [0.25, 0.3) is 5.91 Å². The van der Waals surface area contributed by atoms with Crippen molar-refractivity contribution >= 4 is 23.5 Å². The number of hydrogen-bond acceptors (Lipinski definition) is 4. The number of carbonyl (C=O) groups excluding carboxylic acids is 2. The summed E-state index contributed by atoms with van der Waals surface area (Å²) < 4.78 is 10.6. The Morgan fingerprint density at radius 2 is 1.54 bits per heavy atom. The highest BCUT2D eigenvalue weighted by Gasteiger charge is 2.24. The molecule has 6 heteroatoms. The van der Waals surface area contributed by atoms with Gasteiger partial charge >= 0.3 is 5.97 Å². The molecule has 136 valence electrons. The van der Waals surface area contributed by atoms with Crippen LogP contribution < -0.4 is 4.74 Å². The van der Waals surface area contributed by atoms with E-state index in [2.05, 4.69) is 4.74 Å². The number of esters is 1. The molecule has 0 N–H and O–H groups in total. The van der Waals surface area contributed by atoms with Crippen LogP contribution in [-0.4, -0.2) is 43.1 Å². The Bertz CT molecular complexity index is 765. The van der Waals surface area contributed by atoms with Crippen LogP contribution in [0.4, 0.5) is 0 Å². The Morgan fingerprint density at radius 1 is 0.962 bits per heavy atom. The van der Waals surface area contributed by atoms with Crippen LogP contribution in [0, 0.1) is 0 Å². The number of carbonyl (C=O) groups is 2. The summed E-state index contributed by atoms with van der Waals surface area (Å²) in [5.41, 5.74) is 0.994. The van der Waals surface area contributed by atoms with Gasteiger partial charge in [0.1, 0.15) is 11.9 Å². The fourth-order valence-electron chi connectivity index (χ4n) is 2.93. The second-order valence-corrected chi connectivity index (χ2v) is 6.57. The van der Waals surface area contributed by atoms with Gasteiger partial charge in [-0.3, -0.25) is 4.79 Å². The zero-order chi connectivity index (χ0) is 18.5. The van der Waals surface area contributed by atoms with Crippen LogP contribution in [0.1, 0.15) is 33.6 Å². The standard InChI is InChI=1S/C20H20ClNO4/c1-25-20(24)15-4-2-14(3-5-15)19(23)22-12-10-18(11-13-22)26-17-8-6-16(21)7-9-17/h2-9,18H,10-13H2,1H3. The predicted octanol–water partition coefficient (Wildman–Crippen LogP) is 3.81. The summed E-state index contributed by atoms with van der Waals surface area (Å²) in [6.45, 7) is 1.27. The second-order valence-electron chi connectivity index (χ2n) is 6.13. The lowest BCUT2D eigenvalue weighted by atomic mass is 10.1. The highest BCUT2D eigenvalue weighted by atomic mass is 35.5. The van der Waals surface area contributed by atoms with Gasteiger partial charge in [-0.25, -0.2) is 4.79 Å². The molecule has 0 aromatic heterocycles. The van der Waals surface area contributed by atoms with Crippen LogP contribution in [0.3, 0.4) is 0 Å². The van der Waals surface area contributed by atoms with Crippen molar-refractivity contribution < 1.29 is 19.1 Å². The first-order chi connectivity index (χ1) is 12.6. The number of benzene rings is 2. The third kappa shape index (κ3) is 4.35. The molecular formula is C20H20ClNO4. The van der Waals surface area contributed by atoms with E-state index < -0.39 is 5.97 Å². The summed E-state index contributed by atoms with van der Waals surface area (Å²) in [6, 6.07) is 13.8. The molecule has 0 spiro atoms. The first-order valence-electron chi connectivity index (χ1n) is 8.46. The smallest absolute Gasteiger partial charge is 0.337 e. The van der Waals surface area contributed by atoms with Gasteiger partial charge in [0, 0.05) is 36.5 Å². The van der Waals surface area contributed by atoms with Crippen LogP contribution in [0.2, 0.25) is 5.02 Å². The number of halogens is 1. The van der Waals surface area contributed by atoms with Gasteiger partial charge < -0.3 is 14.4 Å². The van der Waals surface area contributed by atoms with Crippen molar-refractivity contribution in [3.63, 3.8) is 0 Å². The molecule has 1 fully saturated rings. The van der Waals surface area contributed by atoms with Gasteiger partial charge in [-0.2, -0.15) is 0 Å². The van der Waals surface area contributed by atoms with Gasteiger partial charge in [0.15, 0.2) is 0 Å². The average Bonchev–Trinajstić information content (AvgIpc) is 2.69. The molecule has 0 atom stereocenters. The summed E-state index contributed by atoms with van der Waals surface area (Å²) in [5.74, 6) is 0.341. The van der Waals surface area contributed by atoms with E-state index in [-0.39, 0.29) is 12.0 Å². The van der Waals surface area contributed by atoms with Gasteiger partial charge in [0.2, 0.25) is 0 Å². The van der Waals surface area contributed by atoms with Gasteiger partial charge in [-0.15, -0.1) is 0 Å². The average molecular weight is 374 g/mol. The van der Waals surface area contributed by atoms with Crippen LogP contribution in [0.15, 0.2) is 48.5 Å². The molecule has 2 aromatic carbocycles. The van der Waals surface area contributed by atoms with Crippen molar-refractivity contribution in [1.29, 1.82) is 0 Å². The molecule has 0 unspecified atom stereocenters. The van der Waals surface area contributed by atoms with Gasteiger partial charge in [0.05, 0.1) is 12.7 Å². The summed E-state index contributed by atoms with van der Waals surface area (Å²) >= 11 is 5.88. The number of ether oxygens (including phenoxy) is 2. The highest BCUT2D eigenvalue weighted by molar-refractivity contribution is 6.30.